The quantitative estimate of drug-likeness (QED) is 0.943. The van der Waals surface area contributed by atoms with Gasteiger partial charge in [0.25, 0.3) is 5.91 Å². The van der Waals surface area contributed by atoms with Gasteiger partial charge in [0.05, 0.1) is 5.56 Å². The summed E-state index contributed by atoms with van der Waals surface area (Å²) in [7, 11) is 1.96. The maximum Gasteiger partial charge on any atom is 0.253 e. The van der Waals surface area contributed by atoms with Gasteiger partial charge in [-0.1, -0.05) is 17.7 Å². The number of anilines is 1. The topological polar surface area (TPSA) is 37.3 Å². The van der Waals surface area contributed by atoms with Gasteiger partial charge in [0.15, 0.2) is 0 Å². The van der Waals surface area contributed by atoms with E-state index >= 15 is 0 Å². The fourth-order valence-corrected chi connectivity index (χ4v) is 3.17. The Kier molecular flexibility index (Phi) is 4.42. The second-order valence-electron chi connectivity index (χ2n) is 6.57. The largest absolute Gasteiger partial charge is 0.371 e. The van der Waals surface area contributed by atoms with E-state index in [1.165, 1.54) is 11.3 Å². The van der Waals surface area contributed by atoms with Crippen molar-refractivity contribution in [2.24, 2.45) is 13.0 Å². The number of rotatable bonds is 4. The lowest BCUT2D eigenvalue weighted by Gasteiger charge is -2.19. The Morgan fingerprint density at radius 2 is 1.96 bits per heavy atom. The van der Waals surface area contributed by atoms with Crippen LogP contribution in [0.4, 0.5) is 5.69 Å². The number of aryl methyl sites for hydroxylation is 2. The van der Waals surface area contributed by atoms with Crippen LogP contribution in [0.1, 0.15) is 28.0 Å². The van der Waals surface area contributed by atoms with Gasteiger partial charge >= 0.3 is 0 Å². The van der Waals surface area contributed by atoms with Crippen LogP contribution in [-0.4, -0.2) is 30.1 Å². The van der Waals surface area contributed by atoms with Gasteiger partial charge in [-0.25, -0.2) is 0 Å². The monoisotopic (exact) mass is 311 g/mol. The number of benzene rings is 1. The predicted molar refractivity (Wildman–Crippen MR) is 94.0 cm³/mol. The van der Waals surface area contributed by atoms with E-state index in [4.69, 9.17) is 0 Å². The molecule has 4 heteroatoms. The summed E-state index contributed by atoms with van der Waals surface area (Å²) in [6, 6.07) is 10.6. The van der Waals surface area contributed by atoms with Crippen LogP contribution in [0.2, 0.25) is 0 Å². The zero-order valence-corrected chi connectivity index (χ0v) is 14.2. The van der Waals surface area contributed by atoms with Gasteiger partial charge in [0.1, 0.15) is 0 Å². The number of amides is 1. The van der Waals surface area contributed by atoms with Crippen molar-refractivity contribution < 1.29 is 4.79 Å². The Morgan fingerprint density at radius 1 is 1.22 bits per heavy atom. The first-order valence-corrected chi connectivity index (χ1v) is 8.26. The average Bonchev–Trinajstić information content (AvgIpc) is 3.14. The fraction of sp³-hybridized carbons (Fsp3) is 0.421. The summed E-state index contributed by atoms with van der Waals surface area (Å²) in [5.74, 6) is 0.557. The van der Waals surface area contributed by atoms with Gasteiger partial charge in [0, 0.05) is 44.3 Å². The number of hydrogen-bond donors (Lipinski definition) is 1. The van der Waals surface area contributed by atoms with Crippen molar-refractivity contribution >= 4 is 11.6 Å². The molecule has 1 saturated heterocycles. The Labute approximate surface area is 138 Å². The van der Waals surface area contributed by atoms with E-state index in [-0.39, 0.29) is 5.91 Å². The van der Waals surface area contributed by atoms with Gasteiger partial charge in [-0.2, -0.15) is 0 Å². The van der Waals surface area contributed by atoms with Crippen LogP contribution < -0.4 is 10.2 Å². The summed E-state index contributed by atoms with van der Waals surface area (Å²) in [5.41, 5.74) is 4.36. The van der Waals surface area contributed by atoms with Crippen LogP contribution in [0.15, 0.2) is 36.5 Å². The van der Waals surface area contributed by atoms with Crippen LogP contribution in [0.5, 0.6) is 0 Å². The van der Waals surface area contributed by atoms with E-state index in [1.54, 1.807) is 0 Å². The number of aromatic nitrogens is 1. The van der Waals surface area contributed by atoms with Crippen LogP contribution in [-0.2, 0) is 7.05 Å². The normalized spacial score (nSPS) is 17.5. The first-order valence-electron chi connectivity index (χ1n) is 8.26. The van der Waals surface area contributed by atoms with Crippen LogP contribution in [0.3, 0.4) is 0 Å². The highest BCUT2D eigenvalue weighted by Crippen LogP contribution is 2.23. The Morgan fingerprint density at radius 3 is 2.61 bits per heavy atom. The molecule has 23 heavy (non-hydrogen) atoms. The second-order valence-corrected chi connectivity index (χ2v) is 6.57. The summed E-state index contributed by atoms with van der Waals surface area (Å²) >= 11 is 0. The third kappa shape index (κ3) is 3.41. The van der Waals surface area contributed by atoms with Gasteiger partial charge in [-0.3, -0.25) is 4.79 Å². The Bertz CT molecular complexity index is 687. The third-order valence-electron chi connectivity index (χ3n) is 4.86. The minimum absolute atomic E-state index is 0.0388. The maximum atomic E-state index is 12.3. The lowest BCUT2D eigenvalue weighted by Crippen LogP contribution is -2.31. The van der Waals surface area contributed by atoms with E-state index in [0.29, 0.717) is 5.92 Å². The van der Waals surface area contributed by atoms with Crippen molar-refractivity contribution in [3.8, 4) is 0 Å². The molecule has 1 atom stereocenters. The molecule has 4 nitrogen and oxygen atoms in total. The zero-order valence-electron chi connectivity index (χ0n) is 14.2. The highest BCUT2D eigenvalue weighted by atomic mass is 16.1. The number of hydrogen-bond acceptors (Lipinski definition) is 2. The Balaban J connectivity index is 1.53. The van der Waals surface area contributed by atoms with Crippen LogP contribution >= 0.6 is 0 Å². The maximum absolute atomic E-state index is 12.3. The summed E-state index contributed by atoms with van der Waals surface area (Å²) in [4.78, 5) is 14.7. The molecule has 3 rings (SSSR count). The summed E-state index contributed by atoms with van der Waals surface area (Å²) < 4.78 is 1.98. The molecule has 122 valence electrons. The lowest BCUT2D eigenvalue weighted by atomic mass is 10.1. The number of nitrogens with one attached hydrogen (secondary N) is 1. The first kappa shape index (κ1) is 15.7. The van der Waals surface area contributed by atoms with Gasteiger partial charge in [-0.15, -0.1) is 0 Å². The van der Waals surface area contributed by atoms with Crippen molar-refractivity contribution in [1.29, 1.82) is 0 Å². The van der Waals surface area contributed by atoms with Gasteiger partial charge in [0.2, 0.25) is 0 Å². The minimum Gasteiger partial charge on any atom is -0.371 e. The molecule has 1 unspecified atom stereocenters. The summed E-state index contributed by atoms with van der Waals surface area (Å²) in [6.45, 7) is 6.90. The number of nitrogens with zero attached hydrogens (tertiary/aromatic N) is 2. The van der Waals surface area contributed by atoms with E-state index in [2.05, 4.69) is 41.4 Å². The predicted octanol–water partition coefficient (Wildman–Crippen LogP) is 2.90. The molecule has 1 amide bonds. The zero-order chi connectivity index (χ0) is 16.4. The average molecular weight is 311 g/mol. The number of carbonyl (C=O) groups excluding carboxylic acids is 1. The number of carbonyl (C=O) groups is 1. The van der Waals surface area contributed by atoms with E-state index in [9.17, 15) is 4.79 Å². The molecule has 1 fully saturated rings. The van der Waals surface area contributed by atoms with Crippen molar-refractivity contribution in [3.05, 3.63) is 53.3 Å². The molecule has 1 aliphatic heterocycles. The third-order valence-corrected chi connectivity index (χ3v) is 4.86. The van der Waals surface area contributed by atoms with Crippen LogP contribution in [0.25, 0.3) is 0 Å². The molecule has 1 N–H and O–H groups in total. The van der Waals surface area contributed by atoms with Gasteiger partial charge in [-0.05, 0) is 44.4 Å². The fourth-order valence-electron chi connectivity index (χ4n) is 3.17. The first-order chi connectivity index (χ1) is 11.0. The van der Waals surface area contributed by atoms with Crippen LogP contribution in [0, 0.1) is 19.8 Å². The molecule has 0 saturated carbocycles. The molecular weight excluding hydrogens is 286 g/mol. The molecule has 0 radical (unpaired) electrons. The highest BCUT2D eigenvalue weighted by Gasteiger charge is 2.23. The van der Waals surface area contributed by atoms with Crippen molar-refractivity contribution in [1.82, 2.24) is 9.88 Å². The molecule has 0 spiro atoms. The van der Waals surface area contributed by atoms with Crippen molar-refractivity contribution in [2.75, 3.05) is 24.5 Å². The van der Waals surface area contributed by atoms with Crippen molar-refractivity contribution in [2.45, 2.75) is 20.3 Å². The molecule has 0 bridgehead atoms. The highest BCUT2D eigenvalue weighted by molar-refractivity contribution is 5.95. The second kappa shape index (κ2) is 6.49. The molecule has 0 aliphatic carbocycles. The Hall–Kier alpha value is -2.23. The van der Waals surface area contributed by atoms with Crippen molar-refractivity contribution in [3.63, 3.8) is 0 Å². The van der Waals surface area contributed by atoms with E-state index in [1.807, 2.05) is 30.8 Å². The molecule has 2 aromatic rings. The summed E-state index contributed by atoms with van der Waals surface area (Å²) in [6.07, 6.45) is 3.06. The lowest BCUT2D eigenvalue weighted by molar-refractivity contribution is 0.0947. The molecule has 1 aliphatic rings. The minimum atomic E-state index is 0.0388. The molecular formula is C19H25N3O. The SMILES string of the molecule is Cc1ccc(N2CCC(CNC(=O)c3ccn(C)c3C)C2)cc1. The standard InChI is InChI=1S/C19H25N3O/c1-14-4-6-17(7-5-14)22-11-8-16(13-22)12-20-19(23)18-9-10-21(3)15(18)2/h4-7,9-10,16H,8,11-13H2,1-3H3,(H,20,23). The van der Waals surface area contributed by atoms with E-state index < -0.39 is 0 Å². The molecule has 2 heterocycles. The van der Waals surface area contributed by atoms with E-state index in [0.717, 1.165) is 37.3 Å². The molecule has 1 aromatic heterocycles. The van der Waals surface area contributed by atoms with Gasteiger partial charge < -0.3 is 14.8 Å². The molecule has 1 aromatic carbocycles. The summed E-state index contributed by atoms with van der Waals surface area (Å²) in [5, 5.41) is 3.10. The smallest absolute Gasteiger partial charge is 0.253 e.